The molecule has 0 radical (unpaired) electrons. The summed E-state index contributed by atoms with van der Waals surface area (Å²) in [5, 5.41) is 3.47. The van der Waals surface area contributed by atoms with Crippen LogP contribution in [-0.4, -0.2) is 17.5 Å². The average Bonchev–Trinajstić information content (AvgIpc) is 3.14. The molecule has 28 heavy (non-hydrogen) atoms. The Labute approximate surface area is 166 Å². The van der Waals surface area contributed by atoms with Gasteiger partial charge in [-0.3, -0.25) is 4.79 Å². The number of hydrogen-bond donors (Lipinski definition) is 1. The highest BCUT2D eigenvalue weighted by Crippen LogP contribution is 2.25. The lowest BCUT2D eigenvalue weighted by atomic mass is 10.2. The lowest BCUT2D eigenvalue weighted by Gasteiger charge is -2.09. The van der Waals surface area contributed by atoms with Crippen LogP contribution in [0.2, 0.25) is 5.02 Å². The Morgan fingerprint density at radius 3 is 2.64 bits per heavy atom. The topological polar surface area (TPSA) is 64.4 Å². The van der Waals surface area contributed by atoms with Crippen LogP contribution in [0.1, 0.15) is 5.56 Å². The van der Waals surface area contributed by atoms with Crippen LogP contribution in [0.3, 0.4) is 0 Å². The molecule has 1 heterocycles. The van der Waals surface area contributed by atoms with Gasteiger partial charge in [0.15, 0.2) is 12.2 Å². The Balaban J connectivity index is 1.38. The molecule has 0 aliphatic rings. The third-order valence-corrected chi connectivity index (χ3v) is 4.63. The fourth-order valence-corrected chi connectivity index (χ4v) is 2.86. The number of benzene rings is 3. The zero-order chi connectivity index (χ0) is 19.5. The van der Waals surface area contributed by atoms with Crippen molar-refractivity contribution in [1.82, 2.24) is 4.98 Å². The van der Waals surface area contributed by atoms with Crippen LogP contribution in [0.5, 0.6) is 5.75 Å². The Morgan fingerprint density at radius 1 is 1.11 bits per heavy atom. The molecule has 0 aliphatic heterocycles. The summed E-state index contributed by atoms with van der Waals surface area (Å²) in [7, 11) is 0. The van der Waals surface area contributed by atoms with E-state index in [1.54, 1.807) is 30.3 Å². The summed E-state index contributed by atoms with van der Waals surface area (Å²) in [6.07, 6.45) is 0. The van der Waals surface area contributed by atoms with Crippen LogP contribution in [0.15, 0.2) is 71.1 Å². The Bertz CT molecular complexity index is 1100. The molecule has 0 spiro atoms. The van der Waals surface area contributed by atoms with Gasteiger partial charge in [0.2, 0.25) is 5.89 Å². The number of halogens is 1. The largest absolute Gasteiger partial charge is 0.484 e. The zero-order valence-corrected chi connectivity index (χ0v) is 15.9. The minimum atomic E-state index is -0.248. The van der Waals surface area contributed by atoms with Crippen LogP contribution in [0, 0.1) is 6.92 Å². The first-order valence-corrected chi connectivity index (χ1v) is 9.11. The number of oxazole rings is 1. The molecule has 0 aliphatic carbocycles. The van der Waals surface area contributed by atoms with Gasteiger partial charge in [0, 0.05) is 16.3 Å². The van der Waals surface area contributed by atoms with Gasteiger partial charge in [0.1, 0.15) is 11.3 Å². The first-order valence-electron chi connectivity index (χ1n) is 8.73. The summed E-state index contributed by atoms with van der Waals surface area (Å²) in [6.45, 7) is 1.79. The maximum atomic E-state index is 12.1. The standard InChI is InChI=1S/C22H17ClN2O3/c1-14-12-17(10-11-18(14)23)27-13-21(26)24-16-8-6-15(7-9-16)22-25-19-4-2-3-5-20(19)28-22/h2-12H,13H2,1H3,(H,24,26). The van der Waals surface area contributed by atoms with Crippen molar-refractivity contribution in [3.63, 3.8) is 0 Å². The molecule has 0 unspecified atom stereocenters. The molecule has 1 N–H and O–H groups in total. The molecule has 3 aromatic carbocycles. The molecular weight excluding hydrogens is 376 g/mol. The quantitative estimate of drug-likeness (QED) is 0.488. The van der Waals surface area contributed by atoms with Crippen LogP contribution in [-0.2, 0) is 4.79 Å². The van der Waals surface area contributed by atoms with Gasteiger partial charge in [-0.15, -0.1) is 0 Å². The minimum Gasteiger partial charge on any atom is -0.484 e. The number of aryl methyl sites for hydroxylation is 1. The Kier molecular flexibility index (Phi) is 5.00. The highest BCUT2D eigenvalue weighted by atomic mass is 35.5. The summed E-state index contributed by atoms with van der Waals surface area (Å²) >= 11 is 5.98. The van der Waals surface area contributed by atoms with Crippen molar-refractivity contribution < 1.29 is 13.9 Å². The summed E-state index contributed by atoms with van der Waals surface area (Å²) < 4.78 is 11.3. The number of carbonyl (C=O) groups is 1. The van der Waals surface area contributed by atoms with E-state index in [-0.39, 0.29) is 12.5 Å². The van der Waals surface area contributed by atoms with E-state index in [9.17, 15) is 4.79 Å². The highest BCUT2D eigenvalue weighted by molar-refractivity contribution is 6.31. The normalized spacial score (nSPS) is 10.8. The Hall–Kier alpha value is -3.31. The molecular formula is C22H17ClN2O3. The molecule has 1 amide bonds. The van der Waals surface area contributed by atoms with Crippen molar-refractivity contribution in [3.05, 3.63) is 77.3 Å². The number of carbonyl (C=O) groups excluding carboxylic acids is 1. The van der Waals surface area contributed by atoms with E-state index in [1.165, 1.54) is 0 Å². The number of para-hydroxylation sites is 2. The number of rotatable bonds is 5. The van der Waals surface area contributed by atoms with E-state index in [0.717, 1.165) is 22.2 Å². The molecule has 5 nitrogen and oxygen atoms in total. The number of ether oxygens (including phenoxy) is 1. The van der Waals surface area contributed by atoms with Gasteiger partial charge < -0.3 is 14.5 Å². The molecule has 0 atom stereocenters. The number of hydrogen-bond acceptors (Lipinski definition) is 4. The van der Waals surface area contributed by atoms with Crippen molar-refractivity contribution in [2.45, 2.75) is 6.92 Å². The fourth-order valence-electron chi connectivity index (χ4n) is 2.74. The molecule has 1 aromatic heterocycles. The van der Waals surface area contributed by atoms with Gasteiger partial charge in [-0.2, -0.15) is 0 Å². The summed E-state index contributed by atoms with van der Waals surface area (Å²) in [6, 6.07) is 20.2. The lowest BCUT2D eigenvalue weighted by molar-refractivity contribution is -0.118. The molecule has 4 rings (SSSR count). The highest BCUT2D eigenvalue weighted by Gasteiger charge is 2.09. The number of nitrogens with one attached hydrogen (secondary N) is 1. The van der Waals surface area contributed by atoms with Gasteiger partial charge in [-0.1, -0.05) is 23.7 Å². The number of amides is 1. The second-order valence-corrected chi connectivity index (χ2v) is 6.72. The molecule has 140 valence electrons. The van der Waals surface area contributed by atoms with Crippen LogP contribution < -0.4 is 10.1 Å². The maximum Gasteiger partial charge on any atom is 0.262 e. The predicted octanol–water partition coefficient (Wildman–Crippen LogP) is 5.47. The van der Waals surface area contributed by atoms with Crippen LogP contribution >= 0.6 is 11.6 Å². The molecule has 0 saturated carbocycles. The van der Waals surface area contributed by atoms with E-state index in [2.05, 4.69) is 10.3 Å². The summed E-state index contributed by atoms with van der Waals surface area (Å²) in [5.74, 6) is 0.895. The van der Waals surface area contributed by atoms with Gasteiger partial charge in [-0.25, -0.2) is 4.98 Å². The molecule has 0 bridgehead atoms. The second-order valence-electron chi connectivity index (χ2n) is 6.31. The molecule has 0 saturated heterocycles. The first-order chi connectivity index (χ1) is 13.6. The molecule has 0 fully saturated rings. The van der Waals surface area contributed by atoms with E-state index >= 15 is 0 Å². The van der Waals surface area contributed by atoms with Crippen LogP contribution in [0.25, 0.3) is 22.6 Å². The number of aromatic nitrogens is 1. The monoisotopic (exact) mass is 392 g/mol. The van der Waals surface area contributed by atoms with Crippen molar-refractivity contribution in [1.29, 1.82) is 0 Å². The predicted molar refractivity (Wildman–Crippen MR) is 110 cm³/mol. The summed E-state index contributed by atoms with van der Waals surface area (Å²) in [5.41, 5.74) is 3.95. The number of anilines is 1. The van der Waals surface area contributed by atoms with E-state index < -0.39 is 0 Å². The average molecular weight is 393 g/mol. The Morgan fingerprint density at radius 2 is 1.89 bits per heavy atom. The molecule has 4 aromatic rings. The van der Waals surface area contributed by atoms with E-state index in [4.69, 9.17) is 20.8 Å². The van der Waals surface area contributed by atoms with Gasteiger partial charge in [0.05, 0.1) is 0 Å². The van der Waals surface area contributed by atoms with Crippen molar-refractivity contribution in [2.24, 2.45) is 0 Å². The fraction of sp³-hybridized carbons (Fsp3) is 0.0909. The molecule has 6 heteroatoms. The van der Waals surface area contributed by atoms with Gasteiger partial charge in [0.25, 0.3) is 5.91 Å². The van der Waals surface area contributed by atoms with Crippen molar-refractivity contribution in [2.75, 3.05) is 11.9 Å². The van der Waals surface area contributed by atoms with Gasteiger partial charge in [-0.05, 0) is 67.1 Å². The second kappa shape index (κ2) is 7.74. The first kappa shape index (κ1) is 18.1. The zero-order valence-electron chi connectivity index (χ0n) is 15.1. The van der Waals surface area contributed by atoms with Crippen LogP contribution in [0.4, 0.5) is 5.69 Å². The number of fused-ring (bicyclic) bond motifs is 1. The lowest BCUT2D eigenvalue weighted by Crippen LogP contribution is -2.20. The SMILES string of the molecule is Cc1cc(OCC(=O)Nc2ccc(-c3nc4ccccc4o3)cc2)ccc1Cl. The van der Waals surface area contributed by atoms with Crippen molar-refractivity contribution in [3.8, 4) is 17.2 Å². The smallest absolute Gasteiger partial charge is 0.262 e. The van der Waals surface area contributed by atoms with Gasteiger partial charge >= 0.3 is 0 Å². The number of nitrogens with zero attached hydrogens (tertiary/aromatic N) is 1. The summed E-state index contributed by atoms with van der Waals surface area (Å²) in [4.78, 5) is 16.6. The van der Waals surface area contributed by atoms with E-state index in [0.29, 0.717) is 22.4 Å². The van der Waals surface area contributed by atoms with Crippen molar-refractivity contribution >= 4 is 34.3 Å². The third-order valence-electron chi connectivity index (χ3n) is 4.21. The third kappa shape index (κ3) is 4.00. The minimum absolute atomic E-state index is 0.0893. The van der Waals surface area contributed by atoms with E-state index in [1.807, 2.05) is 43.3 Å². The maximum absolute atomic E-state index is 12.1.